The van der Waals surface area contributed by atoms with Gasteiger partial charge in [-0.05, 0) is 30.3 Å². The van der Waals surface area contributed by atoms with Crippen molar-refractivity contribution in [3.05, 3.63) is 60.2 Å². The molecule has 0 aliphatic carbocycles. The first-order valence-corrected chi connectivity index (χ1v) is 10.1. The van der Waals surface area contributed by atoms with Gasteiger partial charge in [0.2, 0.25) is 5.96 Å². The monoisotopic (exact) mass is 397 g/mol. The van der Waals surface area contributed by atoms with Crippen LogP contribution in [0, 0.1) is 0 Å². The van der Waals surface area contributed by atoms with Crippen molar-refractivity contribution in [2.45, 2.75) is 18.7 Å². The van der Waals surface area contributed by atoms with Gasteiger partial charge in [0.1, 0.15) is 5.82 Å². The van der Waals surface area contributed by atoms with Gasteiger partial charge >= 0.3 is 0 Å². The highest BCUT2D eigenvalue weighted by atomic mass is 32.2. The molecule has 0 atom stereocenters. The maximum atomic E-state index is 12.7. The molecule has 1 aliphatic rings. The summed E-state index contributed by atoms with van der Waals surface area (Å²) in [5, 5.41) is 3.08. The lowest BCUT2D eigenvalue weighted by Crippen LogP contribution is -2.36. The van der Waals surface area contributed by atoms with Gasteiger partial charge in [0.15, 0.2) is 0 Å². The van der Waals surface area contributed by atoms with Gasteiger partial charge in [-0.3, -0.25) is 14.8 Å². The molecule has 1 aliphatic heterocycles. The third-order valence-electron chi connectivity index (χ3n) is 3.82. The number of para-hydroxylation sites is 1. The smallest absolute Gasteiger partial charge is 0.263 e. The lowest BCUT2D eigenvalue weighted by Gasteiger charge is -2.13. The van der Waals surface area contributed by atoms with Crippen LogP contribution >= 0.6 is 0 Å². The summed E-state index contributed by atoms with van der Waals surface area (Å²) in [4.78, 5) is 21.0. The fourth-order valence-corrected chi connectivity index (χ4v) is 3.71. The van der Waals surface area contributed by atoms with E-state index in [0.29, 0.717) is 16.6 Å². The Morgan fingerprint density at radius 3 is 2.54 bits per heavy atom. The number of carbonyl (C=O) groups is 1. The molecule has 2 heterocycles. The van der Waals surface area contributed by atoms with E-state index in [9.17, 15) is 13.2 Å². The summed E-state index contributed by atoms with van der Waals surface area (Å²) in [6.07, 6.45) is 0. The zero-order valence-electron chi connectivity index (χ0n) is 15.3. The molecule has 4 bridgehead atoms. The molecule has 0 saturated heterocycles. The second kappa shape index (κ2) is 7.65. The molecule has 3 aromatic rings. The van der Waals surface area contributed by atoms with Gasteiger partial charge in [0.05, 0.1) is 21.7 Å². The number of benzene rings is 2. The molecule has 0 fully saturated rings. The zero-order chi connectivity index (χ0) is 20.3. The van der Waals surface area contributed by atoms with Crippen LogP contribution < -0.4 is 15.8 Å². The highest BCUT2D eigenvalue weighted by Gasteiger charge is 2.20. The Labute approximate surface area is 162 Å². The number of sulfonamides is 1. The van der Waals surface area contributed by atoms with Crippen LogP contribution in [0.25, 0.3) is 10.9 Å². The topological polar surface area (TPSA) is 127 Å². The average molecular weight is 397 g/mol. The van der Waals surface area contributed by atoms with Crippen molar-refractivity contribution >= 4 is 44.3 Å². The number of guanidine groups is 1. The van der Waals surface area contributed by atoms with Crippen molar-refractivity contribution < 1.29 is 13.2 Å². The van der Waals surface area contributed by atoms with Crippen molar-refractivity contribution in [1.29, 1.82) is 0 Å². The van der Waals surface area contributed by atoms with E-state index in [1.165, 1.54) is 24.3 Å². The molecule has 9 heteroatoms. The van der Waals surface area contributed by atoms with E-state index in [-0.39, 0.29) is 22.2 Å². The largest absolute Gasteiger partial charge is 0.369 e. The number of hydrogen-bond donors (Lipinski definition) is 3. The Morgan fingerprint density at radius 2 is 1.75 bits per heavy atom. The highest BCUT2D eigenvalue weighted by molar-refractivity contribution is 7.92. The predicted molar refractivity (Wildman–Crippen MR) is 109 cm³/mol. The molecule has 0 radical (unpaired) electrons. The van der Waals surface area contributed by atoms with Crippen LogP contribution in [0.15, 0.2) is 64.5 Å². The summed E-state index contributed by atoms with van der Waals surface area (Å²) in [7, 11) is -3.90. The molecule has 0 spiro atoms. The first-order valence-electron chi connectivity index (χ1n) is 8.60. The molecule has 1 amide bonds. The summed E-state index contributed by atoms with van der Waals surface area (Å²) >= 11 is 0. The summed E-state index contributed by atoms with van der Waals surface area (Å²) in [6, 6.07) is 14.2. The van der Waals surface area contributed by atoms with Crippen molar-refractivity contribution in [2.24, 2.45) is 10.7 Å². The quantitative estimate of drug-likeness (QED) is 0.538. The number of amides is 1. The number of aromatic nitrogens is 1. The van der Waals surface area contributed by atoms with Crippen LogP contribution in [0.4, 0.5) is 11.5 Å². The number of nitrogens with two attached hydrogens (primary N) is 1. The molecule has 144 valence electrons. The first-order chi connectivity index (χ1) is 13.4. The predicted octanol–water partition coefficient (Wildman–Crippen LogP) is 2.75. The van der Waals surface area contributed by atoms with Gasteiger partial charge in [0.25, 0.3) is 15.9 Å². The molecule has 2 aromatic carbocycles. The Kier molecular flexibility index (Phi) is 5.27. The number of hydrogen-bond acceptors (Lipinski definition) is 6. The third-order valence-corrected chi connectivity index (χ3v) is 5.17. The number of anilines is 1. The first kappa shape index (κ1) is 19.3. The molecule has 4 rings (SSSR count). The maximum Gasteiger partial charge on any atom is 0.263 e. The van der Waals surface area contributed by atoms with Crippen LogP contribution in [0.1, 0.15) is 24.2 Å². The number of aliphatic imine (C=N–C) groups is 1. The van der Waals surface area contributed by atoms with E-state index in [4.69, 9.17) is 5.73 Å². The number of carbonyl (C=O) groups excluding carboxylic acids is 1. The molecular formula is C19H19N5O3S. The van der Waals surface area contributed by atoms with Crippen molar-refractivity contribution in [1.82, 2.24) is 10.3 Å². The van der Waals surface area contributed by atoms with E-state index in [2.05, 4.69) is 20.0 Å². The summed E-state index contributed by atoms with van der Waals surface area (Å²) < 4.78 is 27.7. The van der Waals surface area contributed by atoms with Crippen LogP contribution in [0.5, 0.6) is 0 Å². The summed E-state index contributed by atoms with van der Waals surface area (Å²) in [5.74, 6) is -0.613. The Hall–Kier alpha value is -3.46. The Balaban J connectivity index is 0.00000109. The fourth-order valence-electron chi connectivity index (χ4n) is 2.68. The Bertz CT molecular complexity index is 1190. The highest BCUT2D eigenvalue weighted by Crippen LogP contribution is 2.25. The lowest BCUT2D eigenvalue weighted by atomic mass is 10.1. The number of nitrogens with zero attached hydrogens (tertiary/aromatic N) is 2. The van der Waals surface area contributed by atoms with E-state index in [0.717, 1.165) is 0 Å². The zero-order valence-corrected chi connectivity index (χ0v) is 16.1. The van der Waals surface area contributed by atoms with Crippen LogP contribution in [0.2, 0.25) is 0 Å². The van der Waals surface area contributed by atoms with Gasteiger partial charge in [0, 0.05) is 5.39 Å². The Morgan fingerprint density at radius 1 is 1.00 bits per heavy atom. The average Bonchev–Trinajstić information content (AvgIpc) is 2.68. The number of pyridine rings is 1. The van der Waals surface area contributed by atoms with Gasteiger partial charge in [-0.25, -0.2) is 18.4 Å². The van der Waals surface area contributed by atoms with Gasteiger partial charge in [-0.1, -0.05) is 38.1 Å². The van der Waals surface area contributed by atoms with Crippen LogP contribution in [0.3, 0.4) is 0 Å². The SMILES string of the molecule is CC.NC1=Nc2cccc(c2)S(=O)(=O)Nc2cc(c3ccccc3n2)C(=O)N1. The van der Waals surface area contributed by atoms with E-state index in [1.54, 1.807) is 30.3 Å². The van der Waals surface area contributed by atoms with Gasteiger partial charge < -0.3 is 5.73 Å². The van der Waals surface area contributed by atoms with Crippen molar-refractivity contribution in [3.8, 4) is 0 Å². The standard InChI is InChI=1S/C17H13N5O3S.C2H6/c18-17-19-10-4-3-5-11(8-10)26(24,25)22-15-9-13(16(23)21-17)12-6-1-2-7-14(12)20-15;1-2/h1-9H,(H,20,22)(H3,18,19,21,23);1-2H3. The minimum absolute atomic E-state index is 0.00922. The molecule has 0 saturated carbocycles. The molecular weight excluding hydrogens is 378 g/mol. The third kappa shape index (κ3) is 3.79. The molecule has 0 unspecified atom stereocenters. The normalized spacial score (nSPS) is 14.9. The van der Waals surface area contributed by atoms with E-state index in [1.807, 2.05) is 13.8 Å². The maximum absolute atomic E-state index is 12.7. The molecule has 1 aromatic heterocycles. The van der Waals surface area contributed by atoms with Crippen LogP contribution in [-0.2, 0) is 10.0 Å². The van der Waals surface area contributed by atoms with Gasteiger partial charge in [-0.15, -0.1) is 0 Å². The molecule has 28 heavy (non-hydrogen) atoms. The van der Waals surface area contributed by atoms with Crippen molar-refractivity contribution in [3.63, 3.8) is 0 Å². The number of nitrogens with one attached hydrogen (secondary N) is 2. The second-order valence-corrected chi connectivity index (χ2v) is 7.31. The summed E-state index contributed by atoms with van der Waals surface area (Å²) in [5.41, 5.74) is 6.80. The van der Waals surface area contributed by atoms with Crippen molar-refractivity contribution in [2.75, 3.05) is 4.72 Å². The van der Waals surface area contributed by atoms with Crippen LogP contribution in [-0.4, -0.2) is 25.3 Å². The number of rotatable bonds is 0. The molecule has 8 nitrogen and oxygen atoms in total. The lowest BCUT2D eigenvalue weighted by molar-refractivity contribution is 0.0978. The van der Waals surface area contributed by atoms with E-state index < -0.39 is 15.9 Å². The summed E-state index contributed by atoms with van der Waals surface area (Å²) in [6.45, 7) is 4.00. The second-order valence-electron chi connectivity index (χ2n) is 5.63. The minimum atomic E-state index is -3.90. The molecule has 4 N–H and O–H groups in total. The minimum Gasteiger partial charge on any atom is -0.369 e. The van der Waals surface area contributed by atoms with Gasteiger partial charge in [-0.2, -0.15) is 0 Å². The number of fused-ring (bicyclic) bond motifs is 6. The fraction of sp³-hybridized carbons (Fsp3) is 0.105. The van der Waals surface area contributed by atoms with E-state index >= 15 is 0 Å².